The summed E-state index contributed by atoms with van der Waals surface area (Å²) in [7, 11) is 0. The van der Waals surface area contributed by atoms with Crippen LogP contribution >= 0.6 is 0 Å². The number of allylic oxidation sites excluding steroid dienone is 2. The average molecular weight is 382 g/mol. The Kier molecular flexibility index (Phi) is 8.76. The van der Waals surface area contributed by atoms with Crippen LogP contribution in [-0.4, -0.2) is 54.8 Å². The molecule has 0 bridgehead atoms. The minimum absolute atomic E-state index is 0.0563. The van der Waals surface area contributed by atoms with Crippen LogP contribution < -0.4 is 5.32 Å². The number of carbonyl (C=O) groups is 4. The minimum Gasteiger partial charge on any atom is -0.446 e. The van der Waals surface area contributed by atoms with Crippen LogP contribution in [0.3, 0.4) is 0 Å². The molecule has 0 saturated carbocycles. The molecule has 1 fully saturated rings. The Morgan fingerprint density at radius 3 is 2.59 bits per heavy atom. The van der Waals surface area contributed by atoms with Gasteiger partial charge in [-0.2, -0.15) is 0 Å². The molecule has 1 aliphatic heterocycles. The fraction of sp³-hybridized carbons (Fsp3) is 0.667. The fourth-order valence-corrected chi connectivity index (χ4v) is 2.72. The highest BCUT2D eigenvalue weighted by Gasteiger charge is 2.32. The molecule has 3 amide bonds. The maximum atomic E-state index is 11.8. The highest BCUT2D eigenvalue weighted by atomic mass is 16.7. The Bertz CT molecular complexity index is 560. The lowest BCUT2D eigenvalue weighted by Crippen LogP contribution is -2.33. The molecule has 0 aromatic carbocycles. The van der Waals surface area contributed by atoms with Crippen molar-refractivity contribution in [3.8, 4) is 0 Å². The van der Waals surface area contributed by atoms with E-state index < -0.39 is 23.9 Å². The summed E-state index contributed by atoms with van der Waals surface area (Å²) in [4.78, 5) is 50.7. The molecule has 150 valence electrons. The summed E-state index contributed by atoms with van der Waals surface area (Å²) in [5, 5.41) is 3.11. The zero-order valence-corrected chi connectivity index (χ0v) is 15.3. The average Bonchev–Trinajstić information content (AvgIpc) is 2.92. The summed E-state index contributed by atoms with van der Waals surface area (Å²) >= 11 is 0. The molecule has 1 N–H and O–H groups in total. The van der Waals surface area contributed by atoms with Crippen LogP contribution in [0.25, 0.3) is 0 Å². The van der Waals surface area contributed by atoms with Crippen LogP contribution in [0.1, 0.15) is 51.4 Å². The lowest BCUT2D eigenvalue weighted by Gasteiger charge is -2.18. The summed E-state index contributed by atoms with van der Waals surface area (Å²) in [6.45, 7) is 0.516. The van der Waals surface area contributed by atoms with Crippen molar-refractivity contribution in [2.24, 2.45) is 0 Å². The third-order valence-corrected chi connectivity index (χ3v) is 4.16. The molecule has 1 aliphatic carbocycles. The van der Waals surface area contributed by atoms with E-state index in [2.05, 4.69) is 17.5 Å². The van der Waals surface area contributed by atoms with Gasteiger partial charge in [0, 0.05) is 19.4 Å². The number of carbonyl (C=O) groups excluding carboxylic acids is 4. The molecule has 9 nitrogen and oxygen atoms in total. The second-order valence-electron chi connectivity index (χ2n) is 6.34. The highest BCUT2D eigenvalue weighted by molar-refractivity contribution is 6.01. The monoisotopic (exact) mass is 382 g/mol. The van der Waals surface area contributed by atoms with Gasteiger partial charge in [-0.1, -0.05) is 12.2 Å². The number of rotatable bonds is 8. The quantitative estimate of drug-likeness (QED) is 0.386. The van der Waals surface area contributed by atoms with Crippen molar-refractivity contribution in [3.63, 3.8) is 0 Å². The first-order valence-corrected chi connectivity index (χ1v) is 9.30. The molecule has 0 spiro atoms. The molecule has 1 saturated heterocycles. The maximum absolute atomic E-state index is 11.8. The van der Waals surface area contributed by atoms with Gasteiger partial charge in [-0.05, 0) is 32.1 Å². The molecule has 2 aliphatic rings. The summed E-state index contributed by atoms with van der Waals surface area (Å²) in [5.41, 5.74) is 0. The standard InChI is InChI=1S/C18H26N2O7/c21-15-8-9-16(22)20(15)27-17(23)10-12-25-13-11-19-18(24)26-14-6-4-2-1-3-5-7-14/h1-2,14H,3-13H2,(H,19,24)/b2-1-. The molecule has 0 aromatic rings. The van der Waals surface area contributed by atoms with Gasteiger partial charge in [0.1, 0.15) is 6.10 Å². The predicted octanol–water partition coefficient (Wildman–Crippen LogP) is 1.62. The molecule has 0 radical (unpaired) electrons. The smallest absolute Gasteiger partial charge is 0.407 e. The van der Waals surface area contributed by atoms with Crippen LogP contribution in [0.15, 0.2) is 12.2 Å². The Balaban J connectivity index is 1.49. The Morgan fingerprint density at radius 1 is 1.07 bits per heavy atom. The predicted molar refractivity (Wildman–Crippen MR) is 93.1 cm³/mol. The lowest BCUT2D eigenvalue weighted by atomic mass is 10.0. The van der Waals surface area contributed by atoms with E-state index in [0.29, 0.717) is 5.06 Å². The van der Waals surface area contributed by atoms with Crippen molar-refractivity contribution in [2.45, 2.75) is 57.5 Å². The molecular weight excluding hydrogens is 356 g/mol. The zero-order chi connectivity index (χ0) is 19.5. The number of alkyl carbamates (subject to hydrolysis) is 1. The highest BCUT2D eigenvalue weighted by Crippen LogP contribution is 2.15. The van der Waals surface area contributed by atoms with Gasteiger partial charge in [-0.25, -0.2) is 9.59 Å². The Labute approximate surface area is 157 Å². The zero-order valence-electron chi connectivity index (χ0n) is 15.3. The van der Waals surface area contributed by atoms with Crippen molar-refractivity contribution >= 4 is 23.9 Å². The van der Waals surface area contributed by atoms with E-state index in [9.17, 15) is 19.2 Å². The molecular formula is C18H26N2O7. The van der Waals surface area contributed by atoms with Gasteiger partial charge in [0.05, 0.1) is 19.6 Å². The molecule has 1 atom stereocenters. The first-order valence-electron chi connectivity index (χ1n) is 9.30. The molecule has 1 unspecified atom stereocenters. The van der Waals surface area contributed by atoms with Crippen molar-refractivity contribution in [1.29, 1.82) is 0 Å². The van der Waals surface area contributed by atoms with E-state index >= 15 is 0 Å². The van der Waals surface area contributed by atoms with Gasteiger partial charge >= 0.3 is 12.1 Å². The Hall–Kier alpha value is -2.42. The van der Waals surface area contributed by atoms with E-state index in [4.69, 9.17) is 14.3 Å². The second-order valence-corrected chi connectivity index (χ2v) is 6.34. The minimum atomic E-state index is -0.718. The number of ether oxygens (including phenoxy) is 2. The van der Waals surface area contributed by atoms with E-state index in [0.717, 1.165) is 32.1 Å². The number of imide groups is 1. The maximum Gasteiger partial charge on any atom is 0.407 e. The largest absolute Gasteiger partial charge is 0.446 e. The number of nitrogens with one attached hydrogen (secondary N) is 1. The SMILES string of the molecule is O=C(CCOCCNC(=O)OC1CC/C=C\CCC1)ON1C(=O)CCC1=O. The summed E-state index contributed by atoms with van der Waals surface area (Å²) in [6.07, 6.45) is 8.35. The van der Waals surface area contributed by atoms with E-state index in [-0.39, 0.29) is 45.1 Å². The summed E-state index contributed by atoms with van der Waals surface area (Å²) in [5.74, 6) is -1.75. The molecule has 0 aromatic heterocycles. The molecule has 9 heteroatoms. The normalized spacial score (nSPS) is 21.3. The third kappa shape index (κ3) is 7.78. The first kappa shape index (κ1) is 20.9. The van der Waals surface area contributed by atoms with Crippen LogP contribution in [0, 0.1) is 0 Å². The van der Waals surface area contributed by atoms with Gasteiger partial charge in [0.2, 0.25) is 0 Å². The van der Waals surface area contributed by atoms with Gasteiger partial charge in [0.25, 0.3) is 11.8 Å². The number of hydroxylamine groups is 2. The fourth-order valence-electron chi connectivity index (χ4n) is 2.72. The third-order valence-electron chi connectivity index (χ3n) is 4.16. The van der Waals surface area contributed by atoms with Crippen LogP contribution in [-0.2, 0) is 28.7 Å². The van der Waals surface area contributed by atoms with Crippen molar-refractivity contribution < 1.29 is 33.5 Å². The summed E-state index contributed by atoms with van der Waals surface area (Å²) < 4.78 is 10.6. The number of hydrogen-bond acceptors (Lipinski definition) is 7. The van der Waals surface area contributed by atoms with Gasteiger partial charge in [0.15, 0.2) is 0 Å². The van der Waals surface area contributed by atoms with Gasteiger partial charge in [-0.3, -0.25) is 9.59 Å². The molecule has 2 rings (SSSR count). The molecule has 27 heavy (non-hydrogen) atoms. The topological polar surface area (TPSA) is 111 Å². The van der Waals surface area contributed by atoms with Crippen LogP contribution in [0.2, 0.25) is 0 Å². The van der Waals surface area contributed by atoms with Crippen LogP contribution in [0.4, 0.5) is 4.79 Å². The number of hydrogen-bond donors (Lipinski definition) is 1. The second kappa shape index (κ2) is 11.3. The van der Waals surface area contributed by atoms with E-state index in [1.54, 1.807) is 0 Å². The van der Waals surface area contributed by atoms with Crippen molar-refractivity contribution in [2.75, 3.05) is 19.8 Å². The van der Waals surface area contributed by atoms with Gasteiger partial charge < -0.3 is 19.6 Å². The summed E-state index contributed by atoms with van der Waals surface area (Å²) in [6, 6.07) is 0. The number of amides is 3. The van der Waals surface area contributed by atoms with Gasteiger partial charge in [-0.15, -0.1) is 5.06 Å². The van der Waals surface area contributed by atoms with Crippen LogP contribution in [0.5, 0.6) is 0 Å². The molecule has 1 heterocycles. The first-order chi connectivity index (χ1) is 13.1. The Morgan fingerprint density at radius 2 is 1.81 bits per heavy atom. The van der Waals surface area contributed by atoms with Crippen molar-refractivity contribution in [1.82, 2.24) is 10.4 Å². The van der Waals surface area contributed by atoms with E-state index in [1.165, 1.54) is 0 Å². The van der Waals surface area contributed by atoms with E-state index in [1.807, 2.05) is 0 Å². The van der Waals surface area contributed by atoms with Crippen molar-refractivity contribution in [3.05, 3.63) is 12.2 Å². The lowest BCUT2D eigenvalue weighted by molar-refractivity contribution is -0.198. The number of nitrogens with zero attached hydrogens (tertiary/aromatic N) is 1.